The summed E-state index contributed by atoms with van der Waals surface area (Å²) in [4.78, 5) is 4.16. The summed E-state index contributed by atoms with van der Waals surface area (Å²) in [7, 11) is 0. The Kier molecular flexibility index (Phi) is 6.09. The van der Waals surface area contributed by atoms with Crippen LogP contribution in [-0.2, 0) is 6.42 Å². The number of halogens is 3. The maximum Gasteiger partial charge on any atom is 0.0410 e. The Morgan fingerprint density at radius 3 is 2.50 bits per heavy atom. The lowest BCUT2D eigenvalue weighted by Gasteiger charge is -2.29. The second kappa shape index (κ2) is 6.83. The molecule has 0 radical (unpaired) electrons. The van der Waals surface area contributed by atoms with Gasteiger partial charge in [0, 0.05) is 34.0 Å². The highest BCUT2D eigenvalue weighted by Gasteiger charge is 2.27. The van der Waals surface area contributed by atoms with Crippen LogP contribution in [0.4, 0.5) is 0 Å². The van der Waals surface area contributed by atoms with Gasteiger partial charge in [-0.05, 0) is 40.4 Å². The third-order valence-electron chi connectivity index (χ3n) is 2.69. The Bertz CT molecular complexity index is 327. The minimum Gasteiger partial charge on any atom is -0.263 e. The molecule has 0 aliphatic carbocycles. The molecule has 90 valence electrons. The van der Waals surface area contributed by atoms with Crippen molar-refractivity contribution < 1.29 is 0 Å². The molecule has 0 saturated heterocycles. The molecule has 1 heterocycles. The fraction of sp³-hybridized carbons (Fsp3) is 0.583. The minimum atomic E-state index is 0.000332. The van der Waals surface area contributed by atoms with Crippen LogP contribution < -0.4 is 0 Å². The van der Waals surface area contributed by atoms with Crippen molar-refractivity contribution in [1.82, 2.24) is 4.98 Å². The number of hydrogen-bond acceptors (Lipinski definition) is 1. The maximum absolute atomic E-state index is 6.08. The van der Waals surface area contributed by atoms with Gasteiger partial charge in [-0.25, -0.2) is 0 Å². The summed E-state index contributed by atoms with van der Waals surface area (Å²) in [6.45, 7) is 2.16. The molecule has 0 amide bonds. The van der Waals surface area contributed by atoms with Gasteiger partial charge in [-0.15, -0.1) is 23.2 Å². The number of pyridine rings is 1. The van der Waals surface area contributed by atoms with Gasteiger partial charge in [0.2, 0.25) is 0 Å². The van der Waals surface area contributed by atoms with E-state index in [1.807, 2.05) is 6.20 Å². The normalized spacial score (nSPS) is 11.8. The van der Waals surface area contributed by atoms with Gasteiger partial charge in [0.1, 0.15) is 0 Å². The van der Waals surface area contributed by atoms with Gasteiger partial charge in [-0.1, -0.05) is 13.3 Å². The van der Waals surface area contributed by atoms with Crippen molar-refractivity contribution >= 4 is 39.1 Å². The molecule has 1 rings (SSSR count). The fourth-order valence-corrected chi connectivity index (χ4v) is 3.02. The van der Waals surface area contributed by atoms with Gasteiger partial charge in [0.25, 0.3) is 0 Å². The molecule has 0 N–H and O–H groups in total. The van der Waals surface area contributed by atoms with Gasteiger partial charge in [0.15, 0.2) is 0 Å². The number of nitrogens with zero attached hydrogens (tertiary/aromatic N) is 1. The van der Waals surface area contributed by atoms with E-state index in [2.05, 4.69) is 33.9 Å². The number of hydrogen-bond donors (Lipinski definition) is 0. The Balaban J connectivity index is 2.82. The minimum absolute atomic E-state index is 0.000332. The average Bonchev–Trinajstić information content (AvgIpc) is 2.28. The maximum atomic E-state index is 6.08. The highest BCUT2D eigenvalue weighted by Crippen LogP contribution is 2.32. The number of aromatic nitrogens is 1. The van der Waals surface area contributed by atoms with Crippen molar-refractivity contribution in [2.45, 2.75) is 26.2 Å². The molecular weight excluding hydrogens is 309 g/mol. The van der Waals surface area contributed by atoms with Gasteiger partial charge in [-0.2, -0.15) is 0 Å². The first-order valence-corrected chi connectivity index (χ1v) is 7.23. The van der Waals surface area contributed by atoms with E-state index in [0.29, 0.717) is 11.8 Å². The molecule has 0 aliphatic heterocycles. The van der Waals surface area contributed by atoms with E-state index in [-0.39, 0.29) is 5.41 Å². The van der Waals surface area contributed by atoms with Crippen molar-refractivity contribution in [2.24, 2.45) is 5.41 Å². The van der Waals surface area contributed by atoms with Crippen molar-refractivity contribution in [2.75, 3.05) is 11.8 Å². The van der Waals surface area contributed by atoms with Gasteiger partial charge in [0.05, 0.1) is 0 Å². The zero-order chi connectivity index (χ0) is 12.0. The third-order valence-corrected chi connectivity index (χ3v) is 4.26. The largest absolute Gasteiger partial charge is 0.263 e. The Morgan fingerprint density at radius 2 is 2.00 bits per heavy atom. The van der Waals surface area contributed by atoms with Crippen LogP contribution in [0.3, 0.4) is 0 Å². The first kappa shape index (κ1) is 14.3. The first-order chi connectivity index (χ1) is 7.65. The number of alkyl halides is 2. The van der Waals surface area contributed by atoms with Crippen molar-refractivity contribution in [3.63, 3.8) is 0 Å². The van der Waals surface area contributed by atoms with Crippen LogP contribution in [0.1, 0.15) is 25.3 Å². The standard InChI is InChI=1S/C12H16BrCl2N/c1-2-3-12(8-14,9-15)5-10-4-11(13)7-16-6-10/h4,6-7H,2-3,5,8-9H2,1H3. The fourth-order valence-electron chi connectivity index (χ4n) is 1.87. The molecule has 0 saturated carbocycles. The second-order valence-corrected chi connectivity index (χ2v) is 5.66. The van der Waals surface area contributed by atoms with Crippen molar-refractivity contribution in [1.29, 1.82) is 0 Å². The molecule has 0 fully saturated rings. The van der Waals surface area contributed by atoms with Crippen molar-refractivity contribution in [3.8, 4) is 0 Å². The summed E-state index contributed by atoms with van der Waals surface area (Å²) in [5, 5.41) is 0. The molecule has 0 aromatic carbocycles. The summed E-state index contributed by atoms with van der Waals surface area (Å²) in [5.74, 6) is 1.19. The molecule has 0 aliphatic rings. The van der Waals surface area contributed by atoms with E-state index in [1.54, 1.807) is 6.20 Å². The summed E-state index contributed by atoms with van der Waals surface area (Å²) >= 11 is 15.6. The summed E-state index contributed by atoms with van der Waals surface area (Å²) in [5.41, 5.74) is 1.18. The van der Waals surface area contributed by atoms with Crippen molar-refractivity contribution in [3.05, 3.63) is 28.5 Å². The topological polar surface area (TPSA) is 12.9 Å². The summed E-state index contributed by atoms with van der Waals surface area (Å²) in [6.07, 6.45) is 6.70. The monoisotopic (exact) mass is 323 g/mol. The predicted molar refractivity (Wildman–Crippen MR) is 74.4 cm³/mol. The SMILES string of the molecule is CCCC(CCl)(CCl)Cc1cncc(Br)c1. The molecule has 0 bridgehead atoms. The van der Waals surface area contributed by atoms with Gasteiger partial charge in [-0.3, -0.25) is 4.98 Å². The first-order valence-electron chi connectivity index (χ1n) is 5.37. The molecule has 0 unspecified atom stereocenters. The lowest BCUT2D eigenvalue weighted by molar-refractivity contribution is 0.340. The van der Waals surface area contributed by atoms with Gasteiger partial charge < -0.3 is 0 Å². The lowest BCUT2D eigenvalue weighted by atomic mass is 9.82. The zero-order valence-electron chi connectivity index (χ0n) is 9.35. The van der Waals surface area contributed by atoms with Crippen LogP contribution in [0.5, 0.6) is 0 Å². The van der Waals surface area contributed by atoms with Crippen LogP contribution in [0.15, 0.2) is 22.9 Å². The molecule has 16 heavy (non-hydrogen) atoms. The molecular formula is C12H16BrCl2N. The van der Waals surface area contributed by atoms with E-state index in [9.17, 15) is 0 Å². The smallest absolute Gasteiger partial charge is 0.0410 e. The molecule has 0 spiro atoms. The highest BCUT2D eigenvalue weighted by molar-refractivity contribution is 9.10. The number of rotatable bonds is 6. The van der Waals surface area contributed by atoms with E-state index in [0.717, 1.165) is 23.7 Å². The van der Waals surface area contributed by atoms with Crippen LogP contribution in [0.25, 0.3) is 0 Å². The molecule has 1 nitrogen and oxygen atoms in total. The third kappa shape index (κ3) is 3.90. The van der Waals surface area contributed by atoms with Crippen LogP contribution in [0.2, 0.25) is 0 Å². The molecule has 4 heteroatoms. The lowest BCUT2D eigenvalue weighted by Crippen LogP contribution is -2.28. The quantitative estimate of drug-likeness (QED) is 0.694. The Hall–Kier alpha value is 0.210. The van der Waals surface area contributed by atoms with Crippen LogP contribution in [0, 0.1) is 5.41 Å². The van der Waals surface area contributed by atoms with Gasteiger partial charge >= 0.3 is 0 Å². The highest BCUT2D eigenvalue weighted by atomic mass is 79.9. The summed E-state index contributed by atoms with van der Waals surface area (Å²) in [6, 6.07) is 2.08. The van der Waals surface area contributed by atoms with E-state index < -0.39 is 0 Å². The second-order valence-electron chi connectivity index (χ2n) is 4.21. The van der Waals surface area contributed by atoms with Crippen LogP contribution >= 0.6 is 39.1 Å². The van der Waals surface area contributed by atoms with E-state index >= 15 is 0 Å². The van der Waals surface area contributed by atoms with E-state index in [1.165, 1.54) is 5.56 Å². The molecule has 1 aromatic heterocycles. The van der Waals surface area contributed by atoms with E-state index in [4.69, 9.17) is 23.2 Å². The Morgan fingerprint density at radius 1 is 1.31 bits per heavy atom. The summed E-state index contributed by atoms with van der Waals surface area (Å²) < 4.78 is 1.000. The molecule has 0 atom stereocenters. The average molecular weight is 325 g/mol. The predicted octanol–water partition coefficient (Wildman–Crippen LogP) is 4.65. The zero-order valence-corrected chi connectivity index (χ0v) is 12.4. The van der Waals surface area contributed by atoms with Crippen LogP contribution in [-0.4, -0.2) is 16.7 Å². The Labute approximate surface area is 116 Å². The molecule has 1 aromatic rings.